The third-order valence-corrected chi connectivity index (χ3v) is 3.35. The van der Waals surface area contributed by atoms with Gasteiger partial charge in [-0.05, 0) is 18.4 Å². The Morgan fingerprint density at radius 2 is 2.08 bits per heavy atom. The van der Waals surface area contributed by atoms with Gasteiger partial charge in [0.1, 0.15) is 6.04 Å². The predicted molar refractivity (Wildman–Crippen MR) is 52.8 cm³/mol. The van der Waals surface area contributed by atoms with Crippen molar-refractivity contribution >= 4 is 11.6 Å². The summed E-state index contributed by atoms with van der Waals surface area (Å²) in [5, 5.41) is 3.04. The van der Waals surface area contributed by atoms with E-state index in [1.807, 2.05) is 30.3 Å². The smallest absolute Gasteiger partial charge is 0.115 e. The average Bonchev–Trinajstić information content (AvgIpc) is 2.17. The van der Waals surface area contributed by atoms with Crippen LogP contribution in [0.1, 0.15) is 18.4 Å². The number of hydrogen-bond donors (Lipinski definition) is 0. The molecule has 0 aromatic heterocycles. The second-order valence-corrected chi connectivity index (χ2v) is 4.06. The Hall–Kier alpha value is -0.890. The molecule has 1 fully saturated rings. The minimum Gasteiger partial charge on any atom is -0.150 e. The molecule has 0 heterocycles. The molecule has 0 amide bonds. The van der Waals surface area contributed by atoms with E-state index < -0.39 is 4.87 Å². The van der Waals surface area contributed by atoms with Gasteiger partial charge in [0.25, 0.3) is 0 Å². The van der Waals surface area contributed by atoms with Gasteiger partial charge in [-0.2, -0.15) is 4.91 Å². The Balaban J connectivity index is 2.30. The van der Waals surface area contributed by atoms with Crippen LogP contribution in [0.4, 0.5) is 0 Å². The highest BCUT2D eigenvalue weighted by Gasteiger charge is 2.47. The molecule has 13 heavy (non-hydrogen) atoms. The van der Waals surface area contributed by atoms with Crippen molar-refractivity contribution in [3.05, 3.63) is 40.8 Å². The third kappa shape index (κ3) is 1.25. The highest BCUT2D eigenvalue weighted by atomic mass is 35.5. The number of rotatable bonds is 2. The molecule has 1 aromatic carbocycles. The molecule has 0 radical (unpaired) electrons. The molecule has 1 aliphatic carbocycles. The lowest BCUT2D eigenvalue weighted by Gasteiger charge is -2.40. The summed E-state index contributed by atoms with van der Waals surface area (Å²) in [6.07, 6.45) is 1.65. The molecule has 0 bridgehead atoms. The van der Waals surface area contributed by atoms with Gasteiger partial charge in [0.15, 0.2) is 0 Å². The summed E-state index contributed by atoms with van der Waals surface area (Å²) in [6.45, 7) is 0. The van der Waals surface area contributed by atoms with Gasteiger partial charge in [0.05, 0.1) is 4.87 Å². The largest absolute Gasteiger partial charge is 0.150 e. The van der Waals surface area contributed by atoms with E-state index in [1.165, 1.54) is 0 Å². The van der Waals surface area contributed by atoms with Gasteiger partial charge in [-0.3, -0.25) is 0 Å². The van der Waals surface area contributed by atoms with Crippen LogP contribution in [0.25, 0.3) is 0 Å². The van der Waals surface area contributed by atoms with Crippen LogP contribution in [0.2, 0.25) is 0 Å². The first-order valence-corrected chi connectivity index (χ1v) is 4.72. The van der Waals surface area contributed by atoms with Crippen LogP contribution in [0.5, 0.6) is 0 Å². The topological polar surface area (TPSA) is 29.4 Å². The SMILES string of the molecule is O=NC1CCC1(Cl)c1ccccc1. The Morgan fingerprint density at radius 1 is 1.38 bits per heavy atom. The zero-order valence-corrected chi connectivity index (χ0v) is 7.87. The molecule has 2 unspecified atom stereocenters. The van der Waals surface area contributed by atoms with Crippen LogP contribution in [0.15, 0.2) is 35.5 Å². The van der Waals surface area contributed by atoms with Gasteiger partial charge >= 0.3 is 0 Å². The van der Waals surface area contributed by atoms with Crippen molar-refractivity contribution in [2.45, 2.75) is 23.8 Å². The first-order chi connectivity index (χ1) is 6.27. The highest BCUT2D eigenvalue weighted by Crippen LogP contribution is 2.49. The van der Waals surface area contributed by atoms with Crippen molar-refractivity contribution in [1.29, 1.82) is 0 Å². The fraction of sp³-hybridized carbons (Fsp3) is 0.400. The van der Waals surface area contributed by atoms with Crippen LogP contribution in [0, 0.1) is 4.91 Å². The summed E-state index contributed by atoms with van der Waals surface area (Å²) >= 11 is 6.31. The molecule has 3 heteroatoms. The Bertz CT molecular complexity index is 314. The maximum atomic E-state index is 10.4. The fourth-order valence-corrected chi connectivity index (χ4v) is 2.10. The van der Waals surface area contributed by atoms with E-state index >= 15 is 0 Å². The van der Waals surface area contributed by atoms with E-state index in [-0.39, 0.29) is 6.04 Å². The molecule has 1 saturated carbocycles. The van der Waals surface area contributed by atoms with Crippen molar-refractivity contribution in [1.82, 2.24) is 0 Å². The van der Waals surface area contributed by atoms with E-state index in [1.54, 1.807) is 0 Å². The molecular weight excluding hydrogens is 186 g/mol. The van der Waals surface area contributed by atoms with Crippen LogP contribution in [-0.4, -0.2) is 6.04 Å². The van der Waals surface area contributed by atoms with Crippen molar-refractivity contribution in [2.75, 3.05) is 0 Å². The second kappa shape index (κ2) is 3.11. The second-order valence-electron chi connectivity index (χ2n) is 3.39. The van der Waals surface area contributed by atoms with Gasteiger partial charge in [-0.25, -0.2) is 0 Å². The van der Waals surface area contributed by atoms with Crippen molar-refractivity contribution in [2.24, 2.45) is 5.18 Å². The van der Waals surface area contributed by atoms with E-state index in [0.717, 1.165) is 18.4 Å². The van der Waals surface area contributed by atoms with Gasteiger partial charge < -0.3 is 0 Å². The first-order valence-electron chi connectivity index (χ1n) is 4.34. The Kier molecular flexibility index (Phi) is 2.08. The van der Waals surface area contributed by atoms with Gasteiger partial charge in [0, 0.05) is 0 Å². The van der Waals surface area contributed by atoms with E-state index in [4.69, 9.17) is 11.6 Å². The van der Waals surface area contributed by atoms with E-state index in [9.17, 15) is 4.91 Å². The fourth-order valence-electron chi connectivity index (χ4n) is 1.72. The molecule has 68 valence electrons. The summed E-state index contributed by atoms with van der Waals surface area (Å²) in [5.74, 6) is 0. The van der Waals surface area contributed by atoms with Crippen molar-refractivity contribution in [3.8, 4) is 0 Å². The molecule has 1 aromatic rings. The molecule has 0 saturated heterocycles. The van der Waals surface area contributed by atoms with Gasteiger partial charge in [-0.1, -0.05) is 35.5 Å². The minimum atomic E-state index is -0.525. The molecule has 2 atom stereocenters. The minimum absolute atomic E-state index is 0.253. The summed E-state index contributed by atoms with van der Waals surface area (Å²) < 4.78 is 0. The zero-order chi connectivity index (χ0) is 9.31. The number of hydrogen-bond acceptors (Lipinski definition) is 2. The number of nitrogens with zero attached hydrogens (tertiary/aromatic N) is 1. The van der Waals surface area contributed by atoms with Crippen LogP contribution >= 0.6 is 11.6 Å². The standard InChI is InChI=1S/C10H10ClNO/c11-10(7-6-9(10)12-13)8-4-2-1-3-5-8/h1-5,9H,6-7H2. The molecule has 1 aliphatic rings. The van der Waals surface area contributed by atoms with Crippen molar-refractivity contribution < 1.29 is 0 Å². The lowest BCUT2D eigenvalue weighted by atomic mass is 9.74. The van der Waals surface area contributed by atoms with E-state index in [0.29, 0.717) is 0 Å². The Morgan fingerprint density at radius 3 is 2.54 bits per heavy atom. The normalized spacial score (nSPS) is 32.2. The summed E-state index contributed by atoms with van der Waals surface area (Å²) in [6, 6.07) is 9.44. The lowest BCUT2D eigenvalue weighted by Crippen LogP contribution is -2.42. The van der Waals surface area contributed by atoms with Crippen molar-refractivity contribution in [3.63, 3.8) is 0 Å². The molecule has 0 N–H and O–H groups in total. The maximum Gasteiger partial charge on any atom is 0.115 e. The summed E-state index contributed by atoms with van der Waals surface area (Å²) in [5.41, 5.74) is 1.01. The number of benzene rings is 1. The third-order valence-electron chi connectivity index (χ3n) is 2.69. The predicted octanol–water partition coefficient (Wildman–Crippen LogP) is 3.05. The molecule has 2 nitrogen and oxygen atoms in total. The molecule has 0 aliphatic heterocycles. The van der Waals surface area contributed by atoms with Gasteiger partial charge in [0.2, 0.25) is 0 Å². The average molecular weight is 196 g/mol. The molecule has 2 rings (SSSR count). The zero-order valence-electron chi connectivity index (χ0n) is 7.11. The highest BCUT2D eigenvalue weighted by molar-refractivity contribution is 6.25. The number of nitroso groups, excluding NO2 is 1. The summed E-state index contributed by atoms with van der Waals surface area (Å²) in [4.78, 5) is 9.92. The monoisotopic (exact) mass is 195 g/mol. The summed E-state index contributed by atoms with van der Waals surface area (Å²) in [7, 11) is 0. The molecule has 0 spiro atoms. The number of alkyl halides is 1. The lowest BCUT2D eigenvalue weighted by molar-refractivity contribution is 0.297. The van der Waals surface area contributed by atoms with Gasteiger partial charge in [-0.15, -0.1) is 11.6 Å². The van der Waals surface area contributed by atoms with E-state index in [2.05, 4.69) is 5.18 Å². The van der Waals surface area contributed by atoms with Crippen LogP contribution in [0.3, 0.4) is 0 Å². The number of halogens is 1. The molecular formula is C10H10ClNO. The maximum absolute atomic E-state index is 10.4. The Labute approximate surface area is 81.9 Å². The first kappa shape index (κ1) is 8.70. The van der Waals surface area contributed by atoms with Crippen LogP contribution < -0.4 is 0 Å². The quantitative estimate of drug-likeness (QED) is 0.527. The van der Waals surface area contributed by atoms with Crippen LogP contribution in [-0.2, 0) is 4.87 Å².